The van der Waals surface area contributed by atoms with Gasteiger partial charge in [0.25, 0.3) is 0 Å². The Kier molecular flexibility index (Phi) is 6.27. The van der Waals surface area contributed by atoms with Crippen LogP contribution in [0.25, 0.3) is 66.1 Å². The highest BCUT2D eigenvalue weighted by Gasteiger charge is 2.35. The van der Waals surface area contributed by atoms with Crippen molar-refractivity contribution in [1.29, 1.82) is 0 Å². The zero-order chi connectivity index (χ0) is 33.6. The van der Waals surface area contributed by atoms with Crippen molar-refractivity contribution < 1.29 is 0 Å². The van der Waals surface area contributed by atoms with Crippen LogP contribution in [0.1, 0.15) is 36.1 Å². The lowest BCUT2D eigenvalue weighted by Crippen LogP contribution is -2.18. The zero-order valence-corrected chi connectivity index (χ0v) is 28.7. The van der Waals surface area contributed by atoms with Crippen LogP contribution in [-0.2, 0) is 11.8 Å². The van der Waals surface area contributed by atoms with E-state index < -0.39 is 0 Å². The summed E-state index contributed by atoms with van der Waals surface area (Å²) in [5, 5.41) is 5.12. The molecule has 1 heterocycles. The summed E-state index contributed by atoms with van der Waals surface area (Å²) in [6.45, 7) is 4.72. The summed E-state index contributed by atoms with van der Waals surface area (Å²) in [6.07, 6.45) is 0.954. The maximum absolute atomic E-state index is 2.46. The second-order valence-electron chi connectivity index (χ2n) is 14.6. The molecule has 1 heteroatoms. The Morgan fingerprint density at radius 2 is 1.02 bits per heavy atom. The molecule has 0 saturated heterocycles. The van der Waals surface area contributed by atoms with Crippen LogP contribution in [0.2, 0.25) is 0 Å². The summed E-state index contributed by atoms with van der Waals surface area (Å²) < 4.78 is 0. The first kappa shape index (κ1) is 29.0. The van der Waals surface area contributed by atoms with Gasteiger partial charge < -0.3 is 4.90 Å². The summed E-state index contributed by atoms with van der Waals surface area (Å²) in [6, 6.07) is 59.0. The number of fused-ring (bicyclic) bond motifs is 7. The van der Waals surface area contributed by atoms with E-state index in [1.54, 1.807) is 0 Å². The van der Waals surface area contributed by atoms with Gasteiger partial charge in [-0.25, -0.2) is 0 Å². The van der Waals surface area contributed by atoms with E-state index >= 15 is 0 Å². The third-order valence-electron chi connectivity index (χ3n) is 11.5. The molecule has 10 rings (SSSR count). The van der Waals surface area contributed by atoms with Gasteiger partial charge >= 0.3 is 0 Å². The molecule has 0 spiro atoms. The van der Waals surface area contributed by atoms with Crippen molar-refractivity contribution in [3.8, 4) is 44.5 Å². The Bertz CT molecular complexity index is 2660. The van der Waals surface area contributed by atoms with Crippen molar-refractivity contribution in [1.82, 2.24) is 0 Å². The Hall–Kier alpha value is -5.92. The van der Waals surface area contributed by atoms with E-state index in [-0.39, 0.29) is 5.41 Å². The van der Waals surface area contributed by atoms with Crippen molar-refractivity contribution in [2.75, 3.05) is 11.9 Å². The molecule has 238 valence electrons. The molecule has 1 aliphatic carbocycles. The molecule has 0 amide bonds. The fourth-order valence-electron chi connectivity index (χ4n) is 8.99. The molecule has 0 aromatic heterocycles. The molecule has 50 heavy (non-hydrogen) atoms. The van der Waals surface area contributed by atoms with Crippen molar-refractivity contribution >= 4 is 32.9 Å². The standard InChI is InChI=1S/C49H37N/c1-49(2)43-19-11-10-16-37(43)41-29-35(24-26-44(41)49)48-39-18-9-8-17-38(39)47(40-25-23-32(28-42(40)48)31-13-5-4-6-14-31)36-22-21-34-27-33-15-7-12-20-45(33)50(3)46(34)30-36/h4-26,28-30H,27H2,1-3H3. The quantitative estimate of drug-likeness (QED) is 0.174. The smallest absolute Gasteiger partial charge is 0.0450 e. The number of hydrogen-bond donors (Lipinski definition) is 0. The molecule has 1 aliphatic heterocycles. The van der Waals surface area contributed by atoms with Gasteiger partial charge in [0.15, 0.2) is 0 Å². The minimum Gasteiger partial charge on any atom is -0.344 e. The average Bonchev–Trinajstić information content (AvgIpc) is 3.39. The van der Waals surface area contributed by atoms with Crippen molar-refractivity contribution in [3.05, 3.63) is 180 Å². The van der Waals surface area contributed by atoms with Gasteiger partial charge in [0.05, 0.1) is 0 Å². The van der Waals surface area contributed by atoms with Gasteiger partial charge in [-0.15, -0.1) is 0 Å². The Morgan fingerprint density at radius 1 is 0.420 bits per heavy atom. The van der Waals surface area contributed by atoms with E-state index in [9.17, 15) is 0 Å². The Labute approximate surface area is 294 Å². The number of hydrogen-bond acceptors (Lipinski definition) is 1. The Balaban J connectivity index is 1.26. The number of anilines is 2. The van der Waals surface area contributed by atoms with Gasteiger partial charge in [-0.05, 0) is 113 Å². The first-order valence-electron chi connectivity index (χ1n) is 17.7. The van der Waals surface area contributed by atoms with E-state index in [2.05, 4.69) is 184 Å². The van der Waals surface area contributed by atoms with Crippen LogP contribution in [0.4, 0.5) is 11.4 Å². The summed E-state index contributed by atoms with van der Waals surface area (Å²) in [7, 11) is 2.21. The minimum atomic E-state index is -0.0287. The Morgan fingerprint density at radius 3 is 1.86 bits per heavy atom. The second kappa shape index (κ2) is 10.8. The lowest BCUT2D eigenvalue weighted by Gasteiger charge is -2.31. The normalized spacial score (nSPS) is 13.9. The molecule has 0 unspecified atom stereocenters. The van der Waals surface area contributed by atoms with Crippen LogP contribution in [-0.4, -0.2) is 7.05 Å². The molecule has 0 radical (unpaired) electrons. The van der Waals surface area contributed by atoms with Crippen LogP contribution in [0, 0.1) is 0 Å². The van der Waals surface area contributed by atoms with Crippen molar-refractivity contribution in [3.63, 3.8) is 0 Å². The highest BCUT2D eigenvalue weighted by atomic mass is 15.1. The van der Waals surface area contributed by atoms with Crippen molar-refractivity contribution in [2.24, 2.45) is 0 Å². The topological polar surface area (TPSA) is 3.24 Å². The first-order chi connectivity index (χ1) is 24.5. The van der Waals surface area contributed by atoms with Gasteiger partial charge in [0, 0.05) is 30.3 Å². The molecule has 0 N–H and O–H groups in total. The van der Waals surface area contributed by atoms with Crippen LogP contribution in [0.15, 0.2) is 158 Å². The third-order valence-corrected chi connectivity index (χ3v) is 11.5. The van der Waals surface area contributed by atoms with Gasteiger partial charge in [0.1, 0.15) is 0 Å². The number of rotatable bonds is 3. The largest absolute Gasteiger partial charge is 0.344 e. The molecule has 0 atom stereocenters. The fourth-order valence-corrected chi connectivity index (χ4v) is 8.99. The van der Waals surface area contributed by atoms with E-state index in [4.69, 9.17) is 0 Å². The van der Waals surface area contributed by atoms with Gasteiger partial charge in [0.2, 0.25) is 0 Å². The summed E-state index contributed by atoms with van der Waals surface area (Å²) in [5.41, 5.74) is 18.4. The number of benzene rings is 8. The molecule has 0 fully saturated rings. The van der Waals surface area contributed by atoms with Crippen LogP contribution in [0.5, 0.6) is 0 Å². The number of para-hydroxylation sites is 1. The summed E-state index contributed by atoms with van der Waals surface area (Å²) in [5.74, 6) is 0. The zero-order valence-electron chi connectivity index (χ0n) is 28.7. The highest BCUT2D eigenvalue weighted by Crippen LogP contribution is 2.52. The fraction of sp³-hybridized carbons (Fsp3) is 0.102. The summed E-state index contributed by atoms with van der Waals surface area (Å²) >= 11 is 0. The van der Waals surface area contributed by atoms with Crippen LogP contribution in [0.3, 0.4) is 0 Å². The van der Waals surface area contributed by atoms with Gasteiger partial charge in [-0.2, -0.15) is 0 Å². The third kappa shape index (κ3) is 4.20. The first-order valence-corrected chi connectivity index (χ1v) is 17.7. The van der Waals surface area contributed by atoms with Crippen LogP contribution >= 0.6 is 0 Å². The van der Waals surface area contributed by atoms with Gasteiger partial charge in [-0.3, -0.25) is 0 Å². The molecular weight excluding hydrogens is 603 g/mol. The maximum Gasteiger partial charge on any atom is 0.0450 e. The summed E-state index contributed by atoms with van der Waals surface area (Å²) in [4.78, 5) is 2.37. The SMILES string of the molecule is CN1c2ccccc2Cc2ccc(-c3c4ccccc4c(-c4ccc5c(c4)-c4ccccc4C5(C)C)c4cc(-c5ccccc5)ccc34)cc21. The molecule has 1 nitrogen and oxygen atoms in total. The second-order valence-corrected chi connectivity index (χ2v) is 14.6. The lowest BCUT2D eigenvalue weighted by molar-refractivity contribution is 0.660. The monoisotopic (exact) mass is 639 g/mol. The highest BCUT2D eigenvalue weighted by molar-refractivity contribution is 6.22. The van der Waals surface area contributed by atoms with E-state index in [1.807, 2.05) is 0 Å². The minimum absolute atomic E-state index is 0.0287. The van der Waals surface area contributed by atoms with E-state index in [1.165, 1.54) is 99.7 Å². The molecule has 0 saturated carbocycles. The van der Waals surface area contributed by atoms with E-state index in [0.29, 0.717) is 0 Å². The predicted molar refractivity (Wildman–Crippen MR) is 213 cm³/mol. The van der Waals surface area contributed by atoms with E-state index in [0.717, 1.165) is 6.42 Å². The molecular formula is C49H37N. The van der Waals surface area contributed by atoms with Crippen molar-refractivity contribution in [2.45, 2.75) is 25.7 Å². The van der Waals surface area contributed by atoms with Gasteiger partial charge in [-0.1, -0.05) is 147 Å². The average molecular weight is 640 g/mol. The maximum atomic E-state index is 2.46. The van der Waals surface area contributed by atoms with Crippen LogP contribution < -0.4 is 4.90 Å². The molecule has 0 bridgehead atoms. The lowest BCUT2D eigenvalue weighted by atomic mass is 9.81. The molecule has 8 aromatic carbocycles. The predicted octanol–water partition coefficient (Wildman–Crippen LogP) is 13.0. The molecule has 8 aromatic rings. The number of nitrogens with zero attached hydrogens (tertiary/aromatic N) is 1. The molecule has 2 aliphatic rings.